The summed E-state index contributed by atoms with van der Waals surface area (Å²) in [6, 6.07) is 5.93. The first-order valence-electron chi connectivity index (χ1n) is 9.06. The van der Waals surface area contributed by atoms with Crippen molar-refractivity contribution in [3.8, 4) is 0 Å². The first kappa shape index (κ1) is 22.3. The van der Waals surface area contributed by atoms with Gasteiger partial charge >= 0.3 is 6.18 Å². The van der Waals surface area contributed by atoms with Crippen molar-refractivity contribution in [1.29, 1.82) is 0 Å². The maximum Gasteiger partial charge on any atom is 0.416 e. The molecule has 0 spiro atoms. The molecule has 1 amide bonds. The summed E-state index contributed by atoms with van der Waals surface area (Å²) in [5.74, 6) is 1.01. The van der Waals surface area contributed by atoms with E-state index < -0.39 is 17.6 Å². The van der Waals surface area contributed by atoms with Crippen LogP contribution >= 0.6 is 0 Å². The molecule has 1 aromatic heterocycles. The highest BCUT2D eigenvalue weighted by molar-refractivity contribution is 5.94. The van der Waals surface area contributed by atoms with E-state index in [-0.39, 0.29) is 18.0 Å². The Balaban J connectivity index is 1.73. The van der Waals surface area contributed by atoms with Crippen LogP contribution in [0.4, 0.5) is 13.2 Å². The molecule has 0 atom stereocenters. The first-order chi connectivity index (χ1) is 13.7. The highest BCUT2D eigenvalue weighted by Crippen LogP contribution is 2.29. The largest absolute Gasteiger partial charge is 0.416 e. The first-order valence-corrected chi connectivity index (χ1v) is 9.06. The maximum atomic E-state index is 12.6. The fourth-order valence-electron chi connectivity index (χ4n) is 2.35. The van der Waals surface area contributed by atoms with Crippen LogP contribution in [-0.4, -0.2) is 37.2 Å². The monoisotopic (exact) mass is 411 g/mol. The Hall–Kier alpha value is -3.04. The minimum absolute atomic E-state index is 0.159. The molecule has 158 valence electrons. The molecule has 0 saturated carbocycles. The second-order valence-corrected chi connectivity index (χ2v) is 6.56. The third-order valence-corrected chi connectivity index (χ3v) is 4.00. The Morgan fingerprint density at radius 3 is 2.34 bits per heavy atom. The predicted octanol–water partition coefficient (Wildman–Crippen LogP) is 2.91. The van der Waals surface area contributed by atoms with Gasteiger partial charge in [-0.25, -0.2) is 0 Å². The van der Waals surface area contributed by atoms with Crippen LogP contribution in [0.1, 0.15) is 47.1 Å². The molecular weight excluding hydrogens is 387 g/mol. The average Bonchev–Trinajstić information content (AvgIpc) is 3.16. The van der Waals surface area contributed by atoms with Crippen molar-refractivity contribution in [3.63, 3.8) is 0 Å². The molecule has 7 nitrogen and oxygen atoms in total. The number of aromatic nitrogens is 1. The molecule has 1 aromatic carbocycles. The summed E-state index contributed by atoms with van der Waals surface area (Å²) < 4.78 is 42.9. The van der Waals surface area contributed by atoms with Crippen LogP contribution in [0.25, 0.3) is 0 Å². The highest BCUT2D eigenvalue weighted by Gasteiger charge is 2.30. The number of aliphatic imine (C=N–C) groups is 1. The SMILES string of the molecule is CN=C(NCCNC(=O)c1ccc(C(F)(F)F)cc1)NCc1cc(C(C)C)no1. The van der Waals surface area contributed by atoms with E-state index in [0.717, 1.165) is 30.0 Å². The summed E-state index contributed by atoms with van der Waals surface area (Å²) in [5, 5.41) is 12.7. The zero-order valence-corrected chi connectivity index (χ0v) is 16.4. The Bertz CT molecular complexity index is 829. The molecule has 0 aliphatic carbocycles. The van der Waals surface area contributed by atoms with Crippen molar-refractivity contribution >= 4 is 11.9 Å². The van der Waals surface area contributed by atoms with Crippen LogP contribution in [-0.2, 0) is 12.7 Å². The molecule has 0 aliphatic rings. The quantitative estimate of drug-likeness (QED) is 0.370. The van der Waals surface area contributed by atoms with E-state index in [1.54, 1.807) is 7.05 Å². The third kappa shape index (κ3) is 6.81. The number of amides is 1. The number of alkyl halides is 3. The Labute approximate surface area is 166 Å². The average molecular weight is 411 g/mol. The molecule has 1 heterocycles. The van der Waals surface area contributed by atoms with Gasteiger partial charge in [0.05, 0.1) is 17.8 Å². The molecule has 0 saturated heterocycles. The van der Waals surface area contributed by atoms with Gasteiger partial charge in [-0.3, -0.25) is 9.79 Å². The van der Waals surface area contributed by atoms with Crippen LogP contribution in [0.15, 0.2) is 39.8 Å². The van der Waals surface area contributed by atoms with E-state index in [9.17, 15) is 18.0 Å². The number of nitrogens with one attached hydrogen (secondary N) is 3. The summed E-state index contributed by atoms with van der Waals surface area (Å²) in [6.07, 6.45) is -4.43. The molecule has 29 heavy (non-hydrogen) atoms. The number of carbonyl (C=O) groups is 1. The molecule has 3 N–H and O–H groups in total. The number of benzene rings is 1. The lowest BCUT2D eigenvalue weighted by Crippen LogP contribution is -2.41. The van der Waals surface area contributed by atoms with Gasteiger partial charge in [0.25, 0.3) is 5.91 Å². The summed E-state index contributed by atoms with van der Waals surface area (Å²) in [4.78, 5) is 16.1. The molecular formula is C19H24F3N5O2. The number of rotatable bonds is 7. The van der Waals surface area contributed by atoms with Gasteiger partial charge in [0.15, 0.2) is 11.7 Å². The van der Waals surface area contributed by atoms with Crippen molar-refractivity contribution in [2.75, 3.05) is 20.1 Å². The number of guanidine groups is 1. The van der Waals surface area contributed by atoms with Gasteiger partial charge in [0, 0.05) is 31.8 Å². The second-order valence-electron chi connectivity index (χ2n) is 6.56. The molecule has 2 rings (SSSR count). The van der Waals surface area contributed by atoms with Crippen molar-refractivity contribution in [2.45, 2.75) is 32.5 Å². The zero-order chi connectivity index (χ0) is 21.4. The standard InChI is InChI=1S/C19H24F3N5O2/c1-12(2)16-10-15(29-27-16)11-26-18(23-3)25-9-8-24-17(28)13-4-6-14(7-5-13)19(20,21)22/h4-7,10,12H,8-9,11H2,1-3H3,(H,24,28)(H2,23,25,26). The van der Waals surface area contributed by atoms with Gasteiger partial charge in [0.2, 0.25) is 0 Å². The van der Waals surface area contributed by atoms with Gasteiger partial charge < -0.3 is 20.5 Å². The number of hydrogen-bond acceptors (Lipinski definition) is 4. The van der Waals surface area contributed by atoms with Crippen LogP contribution in [0.5, 0.6) is 0 Å². The minimum Gasteiger partial charge on any atom is -0.359 e. The van der Waals surface area contributed by atoms with E-state index >= 15 is 0 Å². The van der Waals surface area contributed by atoms with Crippen molar-refractivity contribution in [3.05, 3.63) is 52.9 Å². The second kappa shape index (κ2) is 9.94. The maximum absolute atomic E-state index is 12.6. The van der Waals surface area contributed by atoms with Gasteiger partial charge in [-0.15, -0.1) is 0 Å². The molecule has 0 bridgehead atoms. The van der Waals surface area contributed by atoms with E-state index in [0.29, 0.717) is 24.8 Å². The zero-order valence-electron chi connectivity index (χ0n) is 16.4. The topological polar surface area (TPSA) is 91.5 Å². The van der Waals surface area contributed by atoms with E-state index in [1.165, 1.54) is 0 Å². The number of carbonyl (C=O) groups excluding carboxylic acids is 1. The normalized spacial score (nSPS) is 12.2. The molecule has 0 fully saturated rings. The van der Waals surface area contributed by atoms with E-state index in [4.69, 9.17) is 4.52 Å². The van der Waals surface area contributed by atoms with Crippen LogP contribution < -0.4 is 16.0 Å². The van der Waals surface area contributed by atoms with E-state index in [2.05, 4.69) is 26.1 Å². The van der Waals surface area contributed by atoms with E-state index in [1.807, 2.05) is 19.9 Å². The summed E-state index contributed by atoms with van der Waals surface area (Å²) >= 11 is 0. The van der Waals surface area contributed by atoms with Gasteiger partial charge in [-0.05, 0) is 30.2 Å². The molecule has 0 radical (unpaired) electrons. The van der Waals surface area contributed by atoms with Crippen molar-refractivity contribution in [2.24, 2.45) is 4.99 Å². The van der Waals surface area contributed by atoms with Gasteiger partial charge in [-0.2, -0.15) is 13.2 Å². The van der Waals surface area contributed by atoms with Gasteiger partial charge in [0.1, 0.15) is 0 Å². The molecule has 10 heteroatoms. The number of nitrogens with zero attached hydrogens (tertiary/aromatic N) is 2. The van der Waals surface area contributed by atoms with Crippen LogP contribution in [0.3, 0.4) is 0 Å². The van der Waals surface area contributed by atoms with Crippen molar-refractivity contribution < 1.29 is 22.5 Å². The fraction of sp³-hybridized carbons (Fsp3) is 0.421. The lowest BCUT2D eigenvalue weighted by Gasteiger charge is -2.11. The minimum atomic E-state index is -4.43. The smallest absolute Gasteiger partial charge is 0.359 e. The predicted molar refractivity (Wildman–Crippen MR) is 103 cm³/mol. The highest BCUT2D eigenvalue weighted by atomic mass is 19.4. The third-order valence-electron chi connectivity index (χ3n) is 4.00. The Morgan fingerprint density at radius 1 is 1.14 bits per heavy atom. The summed E-state index contributed by atoms with van der Waals surface area (Å²) in [5.41, 5.74) is 0.236. The molecule has 2 aromatic rings. The molecule has 0 unspecified atom stereocenters. The lowest BCUT2D eigenvalue weighted by atomic mass is 10.1. The number of halogens is 3. The fourth-order valence-corrected chi connectivity index (χ4v) is 2.35. The number of hydrogen-bond donors (Lipinski definition) is 3. The lowest BCUT2D eigenvalue weighted by molar-refractivity contribution is -0.137. The van der Waals surface area contributed by atoms with Gasteiger partial charge in [-0.1, -0.05) is 19.0 Å². The molecule has 0 aliphatic heterocycles. The van der Waals surface area contributed by atoms with Crippen LogP contribution in [0, 0.1) is 0 Å². The van der Waals surface area contributed by atoms with Crippen LogP contribution in [0.2, 0.25) is 0 Å². The Kier molecular flexibility index (Phi) is 7.63. The Morgan fingerprint density at radius 2 is 1.79 bits per heavy atom. The van der Waals surface area contributed by atoms with Crippen molar-refractivity contribution in [1.82, 2.24) is 21.1 Å². The summed E-state index contributed by atoms with van der Waals surface area (Å²) in [6.45, 7) is 5.08. The summed E-state index contributed by atoms with van der Waals surface area (Å²) in [7, 11) is 1.61.